The average Bonchev–Trinajstić information content (AvgIpc) is 2.98. The van der Waals surface area contributed by atoms with Crippen LogP contribution in [-0.2, 0) is 10.0 Å². The van der Waals surface area contributed by atoms with Crippen LogP contribution in [0.5, 0.6) is 5.75 Å². The van der Waals surface area contributed by atoms with E-state index >= 15 is 0 Å². The molecule has 3 aromatic carbocycles. The van der Waals surface area contributed by atoms with E-state index in [0.717, 1.165) is 0 Å². The van der Waals surface area contributed by atoms with Gasteiger partial charge in [0.15, 0.2) is 0 Å². The maximum absolute atomic E-state index is 13.5. The van der Waals surface area contributed by atoms with Crippen molar-refractivity contribution in [3.05, 3.63) is 101 Å². The number of nitrogens with one attached hydrogen (secondary N) is 3. The molecule has 0 saturated heterocycles. The molecule has 0 aliphatic heterocycles. The molecule has 0 aliphatic rings. The van der Waals surface area contributed by atoms with Gasteiger partial charge in [-0.3, -0.25) is 14.3 Å². The second-order valence-corrected chi connectivity index (χ2v) is 11.4. The van der Waals surface area contributed by atoms with Gasteiger partial charge in [-0.15, -0.1) is 0 Å². The number of carbonyl (C=O) groups excluding carboxylic acids is 2. The highest BCUT2D eigenvalue weighted by molar-refractivity contribution is 7.92. The van der Waals surface area contributed by atoms with Gasteiger partial charge < -0.3 is 20.3 Å². The Morgan fingerprint density at radius 1 is 0.905 bits per heavy atom. The van der Waals surface area contributed by atoms with Crippen molar-refractivity contribution < 1.29 is 22.7 Å². The van der Waals surface area contributed by atoms with Crippen molar-refractivity contribution in [1.82, 2.24) is 15.2 Å². The van der Waals surface area contributed by atoms with Crippen LogP contribution in [0.4, 0.5) is 11.4 Å². The van der Waals surface area contributed by atoms with Crippen molar-refractivity contribution in [2.24, 2.45) is 0 Å². The molecule has 1 heterocycles. The van der Waals surface area contributed by atoms with E-state index in [4.69, 9.17) is 16.3 Å². The molecule has 1 aromatic heterocycles. The van der Waals surface area contributed by atoms with Crippen LogP contribution < -0.4 is 20.1 Å². The minimum atomic E-state index is -4.07. The highest BCUT2D eigenvalue weighted by Crippen LogP contribution is 2.32. The lowest BCUT2D eigenvalue weighted by Gasteiger charge is -2.15. The molecule has 218 valence electrons. The molecule has 0 fully saturated rings. The second kappa shape index (κ2) is 13.4. The average molecular weight is 608 g/mol. The van der Waals surface area contributed by atoms with E-state index in [9.17, 15) is 18.0 Å². The molecule has 0 spiro atoms. The number of ether oxygens (including phenoxy) is 1. The van der Waals surface area contributed by atoms with Crippen LogP contribution in [0.1, 0.15) is 20.8 Å². The van der Waals surface area contributed by atoms with Gasteiger partial charge in [-0.05, 0) is 65.7 Å². The Morgan fingerprint density at radius 3 is 2.38 bits per heavy atom. The maximum Gasteiger partial charge on any atom is 0.271 e. The van der Waals surface area contributed by atoms with Crippen LogP contribution in [-0.4, -0.2) is 64.4 Å². The lowest BCUT2D eigenvalue weighted by Crippen LogP contribution is -2.29. The Balaban J connectivity index is 1.47. The second-order valence-electron chi connectivity index (χ2n) is 9.35. The van der Waals surface area contributed by atoms with Crippen LogP contribution in [0.15, 0.2) is 90.0 Å². The summed E-state index contributed by atoms with van der Waals surface area (Å²) in [6.45, 7) is 0.657. The van der Waals surface area contributed by atoms with Crippen molar-refractivity contribution in [2.75, 3.05) is 44.3 Å². The molecule has 0 unspecified atom stereocenters. The Kier molecular flexibility index (Phi) is 9.66. The molecular weight excluding hydrogens is 578 g/mol. The lowest BCUT2D eigenvalue weighted by molar-refractivity contribution is 0.0827. The molecule has 0 radical (unpaired) electrons. The molecule has 12 heteroatoms. The SMILES string of the molecule is COc1ccc(-c2cccc(C(=O)N(C)C)c2)cc1S(=O)(=O)Nc1cccc(NCCNC(=O)c2ncccc2Cl)c1. The summed E-state index contributed by atoms with van der Waals surface area (Å²) in [7, 11) is 0.665. The maximum atomic E-state index is 13.5. The van der Waals surface area contributed by atoms with Gasteiger partial charge in [0.05, 0.1) is 17.8 Å². The summed E-state index contributed by atoms with van der Waals surface area (Å²) in [5.41, 5.74) is 2.89. The molecule has 10 nitrogen and oxygen atoms in total. The number of methoxy groups -OCH3 is 1. The summed E-state index contributed by atoms with van der Waals surface area (Å²) in [4.78, 5) is 30.1. The van der Waals surface area contributed by atoms with E-state index in [2.05, 4.69) is 20.3 Å². The van der Waals surface area contributed by atoms with Gasteiger partial charge in [0.2, 0.25) is 0 Å². The van der Waals surface area contributed by atoms with Crippen molar-refractivity contribution in [3.8, 4) is 16.9 Å². The number of nitrogens with zero attached hydrogens (tertiary/aromatic N) is 2. The summed E-state index contributed by atoms with van der Waals surface area (Å²) in [5.74, 6) is -0.380. The van der Waals surface area contributed by atoms with Gasteiger partial charge in [0.1, 0.15) is 16.3 Å². The van der Waals surface area contributed by atoms with Gasteiger partial charge >= 0.3 is 0 Å². The van der Waals surface area contributed by atoms with Crippen molar-refractivity contribution >= 4 is 44.8 Å². The third-order valence-corrected chi connectivity index (χ3v) is 7.84. The zero-order valence-corrected chi connectivity index (χ0v) is 24.8. The number of anilines is 2. The summed E-state index contributed by atoms with van der Waals surface area (Å²) < 4.78 is 35.0. The van der Waals surface area contributed by atoms with Gasteiger partial charge in [-0.1, -0.05) is 35.9 Å². The van der Waals surface area contributed by atoms with Crippen molar-refractivity contribution in [3.63, 3.8) is 0 Å². The van der Waals surface area contributed by atoms with Crippen molar-refractivity contribution in [1.29, 1.82) is 0 Å². The zero-order valence-electron chi connectivity index (χ0n) is 23.2. The highest BCUT2D eigenvalue weighted by atomic mass is 35.5. The number of hydrogen-bond donors (Lipinski definition) is 3. The minimum Gasteiger partial charge on any atom is -0.495 e. The molecule has 3 N–H and O–H groups in total. The number of pyridine rings is 1. The fourth-order valence-electron chi connectivity index (χ4n) is 4.08. The summed E-state index contributed by atoms with van der Waals surface area (Å²) >= 11 is 6.01. The third-order valence-electron chi connectivity index (χ3n) is 6.13. The van der Waals surface area contributed by atoms with Gasteiger partial charge in [0.25, 0.3) is 21.8 Å². The highest BCUT2D eigenvalue weighted by Gasteiger charge is 2.21. The van der Waals surface area contributed by atoms with Crippen molar-refractivity contribution in [2.45, 2.75) is 4.90 Å². The van der Waals surface area contributed by atoms with E-state index in [1.165, 1.54) is 24.3 Å². The number of carbonyl (C=O) groups is 2. The number of rotatable bonds is 11. The zero-order chi connectivity index (χ0) is 30.3. The molecule has 0 saturated carbocycles. The third kappa shape index (κ3) is 7.36. The van der Waals surface area contributed by atoms with E-state index in [1.807, 2.05) is 0 Å². The summed E-state index contributed by atoms with van der Waals surface area (Å²) in [6, 6.07) is 21.8. The Labute approximate surface area is 249 Å². The number of benzene rings is 3. The van der Waals surface area contributed by atoms with E-state index in [0.29, 0.717) is 34.6 Å². The number of hydrogen-bond acceptors (Lipinski definition) is 7. The smallest absolute Gasteiger partial charge is 0.271 e. The number of aromatic nitrogens is 1. The van der Waals surface area contributed by atoms with Crippen LogP contribution in [0.2, 0.25) is 5.02 Å². The normalized spacial score (nSPS) is 11.0. The molecule has 0 aliphatic carbocycles. The van der Waals surface area contributed by atoms with Crippen LogP contribution in [0.25, 0.3) is 11.1 Å². The Morgan fingerprint density at radius 2 is 1.64 bits per heavy atom. The fraction of sp³-hybridized carbons (Fsp3) is 0.167. The summed E-state index contributed by atoms with van der Waals surface area (Å²) in [6.07, 6.45) is 1.49. The van der Waals surface area contributed by atoms with E-state index in [1.54, 1.807) is 86.9 Å². The van der Waals surface area contributed by atoms with Crippen LogP contribution >= 0.6 is 11.6 Å². The minimum absolute atomic E-state index is 0.0545. The van der Waals surface area contributed by atoms with Gasteiger partial charge in [-0.25, -0.2) is 13.4 Å². The first-order valence-electron chi connectivity index (χ1n) is 12.8. The Bertz CT molecular complexity index is 1710. The van der Waals surface area contributed by atoms with E-state index < -0.39 is 15.9 Å². The molecule has 0 atom stereocenters. The van der Waals surface area contributed by atoms with Crippen LogP contribution in [0.3, 0.4) is 0 Å². The number of halogens is 1. The van der Waals surface area contributed by atoms with Gasteiger partial charge in [0, 0.05) is 44.6 Å². The molecule has 4 aromatic rings. The molecule has 2 amide bonds. The molecule has 0 bridgehead atoms. The first-order chi connectivity index (χ1) is 20.1. The summed E-state index contributed by atoms with van der Waals surface area (Å²) in [5, 5.41) is 6.15. The largest absolute Gasteiger partial charge is 0.495 e. The monoisotopic (exact) mass is 607 g/mol. The lowest BCUT2D eigenvalue weighted by atomic mass is 10.0. The Hall–Kier alpha value is -4.61. The molecule has 42 heavy (non-hydrogen) atoms. The fourth-order valence-corrected chi connectivity index (χ4v) is 5.53. The van der Waals surface area contributed by atoms with E-state index in [-0.39, 0.29) is 33.8 Å². The first kappa shape index (κ1) is 30.4. The molecule has 4 rings (SSSR count). The number of amides is 2. The van der Waals surface area contributed by atoms with Crippen LogP contribution in [0, 0.1) is 0 Å². The first-order valence-corrected chi connectivity index (χ1v) is 14.7. The van der Waals surface area contributed by atoms with Gasteiger partial charge in [-0.2, -0.15) is 0 Å². The number of sulfonamides is 1. The molecular formula is C30H30ClN5O5S. The predicted octanol–water partition coefficient (Wildman–Crippen LogP) is 4.76. The topological polar surface area (TPSA) is 130 Å². The predicted molar refractivity (Wildman–Crippen MR) is 164 cm³/mol. The standard InChI is InChI=1S/C30H30ClN5O5S/c1-36(2)30(38)22-8-4-7-20(17-22)21-12-13-26(41-3)27(18-21)42(39,40)35-24-10-5-9-23(19-24)32-15-16-34-29(37)28-25(31)11-6-14-33-28/h4-14,17-19,32,35H,15-16H2,1-3H3,(H,34,37). The quantitative estimate of drug-likeness (QED) is 0.210.